The minimum absolute atomic E-state index is 0.0453. The summed E-state index contributed by atoms with van der Waals surface area (Å²) in [5.41, 5.74) is 1.64. The van der Waals surface area contributed by atoms with Crippen molar-refractivity contribution in [2.45, 2.75) is 39.3 Å². The van der Waals surface area contributed by atoms with Gasteiger partial charge < -0.3 is 49.1 Å². The van der Waals surface area contributed by atoms with Gasteiger partial charge in [-0.3, -0.25) is 38.5 Å². The summed E-state index contributed by atoms with van der Waals surface area (Å²) in [7, 11) is 2.91. The second-order valence-electron chi connectivity index (χ2n) is 20.5. The van der Waals surface area contributed by atoms with Gasteiger partial charge in [-0.2, -0.15) is 41.8 Å². The molecule has 4 aliphatic rings. The second kappa shape index (κ2) is 32.4. The monoisotopic (exact) mass is 1390 g/mol. The number of nitriles is 1. The first-order chi connectivity index (χ1) is 43.3. The van der Waals surface area contributed by atoms with Crippen molar-refractivity contribution in [1.29, 1.82) is 5.26 Å². The van der Waals surface area contributed by atoms with Gasteiger partial charge in [-0.25, -0.2) is 0 Å². The van der Waals surface area contributed by atoms with Crippen LogP contribution in [0.15, 0.2) is 73.3 Å². The van der Waals surface area contributed by atoms with Crippen molar-refractivity contribution in [2.75, 3.05) is 144 Å². The molecule has 0 atom stereocenters. The SMILES string of the molecule is COc1cc(N2CCN(C(=O)Cn3nc(C(F)(F)F)c(Cl)c3C)CC2)c(C(=O)C#N)cc1Cl.COc1cc(N2CCN(C(=O)Cn3nc(C(F)(F)F)c(Cl)c3C)CC2)c(C(=O)N2CCN(c3ccncc3)CC2)cc1Cl.ClCCl.c1cc(N2CCNCC2)ccn1. The molecule has 21 nitrogen and oxygen atoms in total. The lowest BCUT2D eigenvalue weighted by Gasteiger charge is -2.39. The number of amides is 3. The van der Waals surface area contributed by atoms with E-state index in [0.717, 1.165) is 41.2 Å². The van der Waals surface area contributed by atoms with Crippen LogP contribution in [0.2, 0.25) is 20.1 Å². The van der Waals surface area contributed by atoms with Crippen molar-refractivity contribution in [1.82, 2.24) is 49.5 Å². The number of ether oxygens (including phenoxy) is 2. The van der Waals surface area contributed by atoms with Gasteiger partial charge in [0.1, 0.15) is 30.7 Å². The molecule has 10 rings (SSSR count). The first-order valence-corrected chi connectivity index (χ1v) is 30.7. The maximum atomic E-state index is 13.8. The van der Waals surface area contributed by atoms with Gasteiger partial charge in [-0.15, -0.1) is 23.2 Å². The van der Waals surface area contributed by atoms with E-state index in [4.69, 9.17) is 84.3 Å². The fraction of sp³-hybridized carbons (Fsp3) is 0.431. The molecule has 0 radical (unpaired) electrons. The first kappa shape index (κ1) is 71.3. The molecule has 490 valence electrons. The fourth-order valence-electron chi connectivity index (χ4n) is 10.3. The number of anilines is 4. The Balaban J connectivity index is 0.000000215. The predicted octanol–water partition coefficient (Wildman–Crippen LogP) is 9.73. The first-order valence-electron chi connectivity index (χ1n) is 28.1. The Morgan fingerprint density at radius 3 is 1.26 bits per heavy atom. The third-order valence-corrected chi connectivity index (χ3v) is 16.7. The number of hydrogen-bond donors (Lipinski definition) is 1. The Hall–Kier alpha value is -7.19. The molecule has 33 heteroatoms. The number of ketones is 1. The number of hydrogen-bond acceptors (Lipinski definition) is 16. The van der Waals surface area contributed by atoms with Crippen LogP contribution in [0.4, 0.5) is 49.1 Å². The number of halogens is 12. The van der Waals surface area contributed by atoms with Crippen LogP contribution in [0.25, 0.3) is 0 Å². The third-order valence-electron chi connectivity index (χ3n) is 15.2. The molecule has 4 fully saturated rings. The minimum Gasteiger partial charge on any atom is -0.495 e. The molecule has 3 amide bonds. The quantitative estimate of drug-likeness (QED) is 0.0524. The lowest BCUT2D eigenvalue weighted by Crippen LogP contribution is -2.51. The van der Waals surface area contributed by atoms with Gasteiger partial charge in [0.2, 0.25) is 11.8 Å². The number of pyridine rings is 2. The van der Waals surface area contributed by atoms with Crippen LogP contribution in [0.5, 0.6) is 11.5 Å². The van der Waals surface area contributed by atoms with E-state index in [1.807, 2.05) is 34.3 Å². The molecule has 6 aromatic rings. The smallest absolute Gasteiger partial charge is 0.436 e. The van der Waals surface area contributed by atoms with Crippen LogP contribution < -0.4 is 34.4 Å². The molecule has 1 N–H and O–H groups in total. The van der Waals surface area contributed by atoms with E-state index in [-0.39, 0.29) is 58.8 Å². The number of rotatable bonds is 12. The summed E-state index contributed by atoms with van der Waals surface area (Å²) in [6.07, 6.45) is -2.27. The second-order valence-corrected chi connectivity index (χ2v) is 22.9. The van der Waals surface area contributed by atoms with Gasteiger partial charge in [0.05, 0.1) is 73.5 Å². The van der Waals surface area contributed by atoms with E-state index < -0.39 is 52.0 Å². The topological polar surface area (TPSA) is 207 Å². The standard InChI is InChI=1S/C28H30Cl2F3N7O3.C20H18Cl2F3N5O3.C9H13N3.CH2Cl2/c1-18-25(30)26(28(31,32)33)35-40(18)17-24(41)38-11-9-37(10-12-38)22-16-23(43-2)21(29)15-20(22)27(42)39-13-7-36(8-14-39)19-3-5-34-6-4-19;1-11-18(22)19(20(23,24)25)27-30(11)10-17(32)29-5-3-28(4-6-29)14-8-16(33-2)13(21)7-12(14)15(31)9-26;1-3-10-4-2-9(1)12-7-5-11-6-8-12;2-1-3/h3-6,15-16H,7-14,17H2,1-2H3;7-8H,3-6,10H2,1-2H3;1-4,11H,5-8H2;1H2. The molecule has 4 saturated heterocycles. The summed E-state index contributed by atoms with van der Waals surface area (Å²) < 4.78 is 91.2. The molecule has 0 unspecified atom stereocenters. The summed E-state index contributed by atoms with van der Waals surface area (Å²) in [5.74, 6) is -0.981. The molecule has 91 heavy (non-hydrogen) atoms. The maximum absolute atomic E-state index is 13.8. The van der Waals surface area contributed by atoms with Crippen LogP contribution in [-0.2, 0) is 35.0 Å². The molecule has 0 aliphatic carbocycles. The Morgan fingerprint density at radius 1 is 0.549 bits per heavy atom. The van der Waals surface area contributed by atoms with E-state index in [1.165, 1.54) is 44.7 Å². The zero-order valence-corrected chi connectivity index (χ0v) is 54.1. The molecule has 0 bridgehead atoms. The fourth-order valence-corrected chi connectivity index (χ4v) is 11.2. The van der Waals surface area contributed by atoms with Gasteiger partial charge in [-0.1, -0.05) is 46.4 Å². The average Bonchev–Trinajstić information content (AvgIpc) is 1.97. The highest BCUT2D eigenvalue weighted by Gasteiger charge is 2.40. The molecular formula is C58H63Cl6F6N15O6. The lowest BCUT2D eigenvalue weighted by atomic mass is 10.1. The van der Waals surface area contributed by atoms with Crippen LogP contribution in [0.3, 0.4) is 0 Å². The van der Waals surface area contributed by atoms with Gasteiger partial charge in [-0.05, 0) is 50.2 Å². The highest BCUT2D eigenvalue weighted by molar-refractivity contribution is 6.40. The number of benzene rings is 2. The van der Waals surface area contributed by atoms with E-state index in [1.54, 1.807) is 46.5 Å². The Morgan fingerprint density at radius 2 is 0.901 bits per heavy atom. The van der Waals surface area contributed by atoms with Crippen molar-refractivity contribution >= 4 is 116 Å². The van der Waals surface area contributed by atoms with Crippen molar-refractivity contribution in [3.63, 3.8) is 0 Å². The zero-order chi connectivity index (χ0) is 66.3. The number of Topliss-reactive ketones (excluding diaryl/α,β-unsaturated/α-hetero) is 1. The van der Waals surface area contributed by atoms with Crippen molar-refractivity contribution in [3.05, 3.63) is 127 Å². The highest BCUT2D eigenvalue weighted by Crippen LogP contribution is 2.39. The zero-order valence-electron chi connectivity index (χ0n) is 49.6. The van der Waals surface area contributed by atoms with E-state index in [9.17, 15) is 45.5 Å². The number of nitrogens with one attached hydrogen (secondary N) is 1. The molecule has 0 spiro atoms. The number of nitrogens with zero attached hydrogens (tertiary/aromatic N) is 14. The summed E-state index contributed by atoms with van der Waals surface area (Å²) in [6.45, 7) is 11.2. The number of carbonyl (C=O) groups is 4. The predicted molar refractivity (Wildman–Crippen MR) is 336 cm³/mol. The van der Waals surface area contributed by atoms with Crippen LogP contribution in [-0.4, -0.2) is 192 Å². The Bertz CT molecular complexity index is 3520. The van der Waals surface area contributed by atoms with Crippen molar-refractivity contribution in [3.8, 4) is 17.6 Å². The van der Waals surface area contributed by atoms with Gasteiger partial charge in [0, 0.05) is 153 Å². The summed E-state index contributed by atoms with van der Waals surface area (Å²) in [5, 5.41) is 19.0. The van der Waals surface area contributed by atoms with E-state index >= 15 is 0 Å². The van der Waals surface area contributed by atoms with Gasteiger partial charge in [0.15, 0.2) is 11.4 Å². The maximum Gasteiger partial charge on any atom is 0.436 e. The van der Waals surface area contributed by atoms with E-state index in [2.05, 4.69) is 47.4 Å². The highest BCUT2D eigenvalue weighted by atomic mass is 35.5. The molecule has 2 aromatic carbocycles. The van der Waals surface area contributed by atoms with E-state index in [0.29, 0.717) is 98.9 Å². The Labute approximate surface area is 550 Å². The molecule has 0 saturated carbocycles. The largest absolute Gasteiger partial charge is 0.495 e. The summed E-state index contributed by atoms with van der Waals surface area (Å²) >= 11 is 33.6. The average molecular weight is 1390 g/mol. The van der Waals surface area contributed by atoms with Crippen molar-refractivity contribution < 1.29 is 55.0 Å². The van der Waals surface area contributed by atoms with Crippen molar-refractivity contribution in [2.24, 2.45) is 0 Å². The molecule has 8 heterocycles. The minimum atomic E-state index is -4.72. The molecule has 4 aromatic heterocycles. The van der Waals surface area contributed by atoms with Gasteiger partial charge >= 0.3 is 12.4 Å². The van der Waals surface area contributed by atoms with Gasteiger partial charge in [0.25, 0.3) is 11.7 Å². The summed E-state index contributed by atoms with van der Waals surface area (Å²) in [6, 6.07) is 15.8. The van der Waals surface area contributed by atoms with Crippen LogP contribution in [0.1, 0.15) is 43.5 Å². The molecule has 4 aliphatic heterocycles. The Kier molecular flexibility index (Phi) is 25.4. The normalized spacial score (nSPS) is 15.3. The molecular weight excluding hydrogens is 1330 g/mol. The third kappa shape index (κ3) is 18.1. The summed E-state index contributed by atoms with van der Waals surface area (Å²) in [4.78, 5) is 72.8. The number of alkyl halides is 8. The lowest BCUT2D eigenvalue weighted by molar-refractivity contribution is -0.142. The number of piperazine rings is 4. The number of carbonyl (C=O) groups excluding carboxylic acids is 4. The number of methoxy groups -OCH3 is 2. The van der Waals surface area contributed by atoms with Crippen LogP contribution >= 0.6 is 69.6 Å². The van der Waals surface area contributed by atoms with Crippen LogP contribution in [0, 0.1) is 25.2 Å². The number of aromatic nitrogens is 6.